The minimum atomic E-state index is -0.338. The van der Waals surface area contributed by atoms with Crippen molar-refractivity contribution in [3.8, 4) is 0 Å². The first-order valence-electron chi connectivity index (χ1n) is 8.65. The van der Waals surface area contributed by atoms with Crippen molar-refractivity contribution in [1.29, 1.82) is 0 Å². The molecule has 3 rings (SSSR count). The van der Waals surface area contributed by atoms with Gasteiger partial charge in [0.25, 0.3) is 5.69 Å². The molecule has 1 spiro atoms. The van der Waals surface area contributed by atoms with E-state index in [2.05, 4.69) is 18.7 Å². The van der Waals surface area contributed by atoms with Crippen molar-refractivity contribution >= 4 is 28.3 Å². The van der Waals surface area contributed by atoms with Crippen LogP contribution in [0.25, 0.3) is 0 Å². The SMILES string of the molecule is Cc1cc(N=C2SCC3(CCCC3)N2CC(C)C)ccc1[N+](=O)[O-]. The molecular formula is C18H25N3O2S. The maximum absolute atomic E-state index is 11.0. The highest BCUT2D eigenvalue weighted by molar-refractivity contribution is 8.14. The lowest BCUT2D eigenvalue weighted by Gasteiger charge is -2.37. The second kappa shape index (κ2) is 6.75. The maximum Gasteiger partial charge on any atom is 0.272 e. The molecule has 24 heavy (non-hydrogen) atoms. The van der Waals surface area contributed by atoms with E-state index in [0.717, 1.165) is 23.2 Å². The van der Waals surface area contributed by atoms with Gasteiger partial charge in [-0.2, -0.15) is 0 Å². The number of nitro groups is 1. The predicted molar refractivity (Wildman–Crippen MR) is 100 cm³/mol. The van der Waals surface area contributed by atoms with Crippen LogP contribution in [0.4, 0.5) is 11.4 Å². The number of benzene rings is 1. The van der Waals surface area contributed by atoms with Crippen LogP contribution in [0.3, 0.4) is 0 Å². The molecule has 130 valence electrons. The molecule has 0 atom stereocenters. The summed E-state index contributed by atoms with van der Waals surface area (Å²) < 4.78 is 0. The number of hydrogen-bond donors (Lipinski definition) is 0. The Morgan fingerprint density at radius 3 is 2.67 bits per heavy atom. The van der Waals surface area contributed by atoms with Crippen molar-refractivity contribution in [2.24, 2.45) is 10.9 Å². The van der Waals surface area contributed by atoms with Crippen molar-refractivity contribution in [2.75, 3.05) is 12.3 Å². The van der Waals surface area contributed by atoms with E-state index in [-0.39, 0.29) is 16.1 Å². The molecule has 0 radical (unpaired) electrons. The van der Waals surface area contributed by atoms with Gasteiger partial charge in [-0.25, -0.2) is 4.99 Å². The fourth-order valence-electron chi connectivity index (χ4n) is 3.76. The lowest BCUT2D eigenvalue weighted by Crippen LogP contribution is -2.46. The quantitative estimate of drug-likeness (QED) is 0.573. The van der Waals surface area contributed by atoms with E-state index in [1.165, 1.54) is 25.7 Å². The highest BCUT2D eigenvalue weighted by Gasteiger charge is 2.46. The van der Waals surface area contributed by atoms with Crippen molar-refractivity contribution in [3.05, 3.63) is 33.9 Å². The number of aryl methyl sites for hydroxylation is 1. The molecule has 1 aromatic carbocycles. The number of thioether (sulfide) groups is 1. The first-order valence-corrected chi connectivity index (χ1v) is 9.64. The summed E-state index contributed by atoms with van der Waals surface area (Å²) in [5, 5.41) is 12.1. The van der Waals surface area contributed by atoms with E-state index in [0.29, 0.717) is 11.5 Å². The molecule has 0 N–H and O–H groups in total. The van der Waals surface area contributed by atoms with Gasteiger partial charge in [0.2, 0.25) is 0 Å². The summed E-state index contributed by atoms with van der Waals surface area (Å²) in [5.41, 5.74) is 1.91. The first-order chi connectivity index (χ1) is 11.4. The molecular weight excluding hydrogens is 322 g/mol. The number of amidine groups is 1. The van der Waals surface area contributed by atoms with Crippen molar-refractivity contribution in [2.45, 2.75) is 52.0 Å². The summed E-state index contributed by atoms with van der Waals surface area (Å²) in [6.45, 7) is 7.30. The third-order valence-electron chi connectivity index (χ3n) is 4.96. The first kappa shape index (κ1) is 17.3. The monoisotopic (exact) mass is 347 g/mol. The molecule has 6 heteroatoms. The zero-order valence-electron chi connectivity index (χ0n) is 14.6. The Hall–Kier alpha value is -1.56. The molecule has 5 nitrogen and oxygen atoms in total. The average molecular weight is 347 g/mol. The lowest BCUT2D eigenvalue weighted by atomic mass is 9.97. The zero-order chi connectivity index (χ0) is 17.3. The Morgan fingerprint density at radius 2 is 2.08 bits per heavy atom. The van der Waals surface area contributed by atoms with E-state index in [1.54, 1.807) is 19.1 Å². The zero-order valence-corrected chi connectivity index (χ0v) is 15.4. The summed E-state index contributed by atoms with van der Waals surface area (Å²) in [4.78, 5) is 18.0. The van der Waals surface area contributed by atoms with Crippen LogP contribution in [-0.4, -0.2) is 32.8 Å². The van der Waals surface area contributed by atoms with Crippen molar-refractivity contribution in [3.63, 3.8) is 0 Å². The van der Waals surface area contributed by atoms with E-state index < -0.39 is 0 Å². The highest BCUT2D eigenvalue weighted by Crippen LogP contribution is 2.45. The summed E-state index contributed by atoms with van der Waals surface area (Å²) >= 11 is 1.84. The van der Waals surface area contributed by atoms with Crippen LogP contribution in [0.15, 0.2) is 23.2 Å². The Kier molecular flexibility index (Phi) is 4.85. The predicted octanol–water partition coefficient (Wildman–Crippen LogP) is 4.91. The fourth-order valence-corrected chi connectivity index (χ4v) is 5.20. The minimum absolute atomic E-state index is 0.157. The molecule has 2 aliphatic rings. The van der Waals surface area contributed by atoms with E-state index in [1.807, 2.05) is 17.8 Å². The van der Waals surface area contributed by atoms with Crippen LogP contribution >= 0.6 is 11.8 Å². The van der Waals surface area contributed by atoms with E-state index >= 15 is 0 Å². The second-order valence-electron chi connectivity index (χ2n) is 7.35. The topological polar surface area (TPSA) is 58.7 Å². The maximum atomic E-state index is 11.0. The van der Waals surface area contributed by atoms with Crippen molar-refractivity contribution < 1.29 is 4.92 Å². The van der Waals surface area contributed by atoms with E-state index in [9.17, 15) is 10.1 Å². The molecule has 0 amide bonds. The fraction of sp³-hybridized carbons (Fsp3) is 0.611. The van der Waals surface area contributed by atoms with Crippen LogP contribution in [-0.2, 0) is 0 Å². The Balaban J connectivity index is 1.90. The Morgan fingerprint density at radius 1 is 1.38 bits per heavy atom. The Labute approximate surface area is 147 Å². The van der Waals surface area contributed by atoms with Crippen LogP contribution in [0.5, 0.6) is 0 Å². The molecule has 0 bridgehead atoms. The molecule has 1 saturated heterocycles. The normalized spacial score (nSPS) is 21.3. The largest absolute Gasteiger partial charge is 0.344 e. The Bertz CT molecular complexity index is 666. The van der Waals surface area contributed by atoms with Gasteiger partial charge in [0.1, 0.15) is 0 Å². The highest BCUT2D eigenvalue weighted by atomic mass is 32.2. The van der Waals surface area contributed by atoms with Crippen LogP contribution in [0.2, 0.25) is 0 Å². The van der Waals surface area contributed by atoms with Gasteiger partial charge >= 0.3 is 0 Å². The number of nitro benzene ring substituents is 1. The summed E-state index contributed by atoms with van der Waals surface area (Å²) in [7, 11) is 0. The van der Waals surface area contributed by atoms with Gasteiger partial charge in [0, 0.05) is 23.9 Å². The standard InChI is InChI=1S/C18H25N3O2S/c1-13(2)11-20-17(24-12-18(20)8-4-5-9-18)19-15-6-7-16(21(22)23)14(3)10-15/h6-7,10,13H,4-5,8-9,11-12H2,1-3H3. The molecule has 0 unspecified atom stereocenters. The van der Waals surface area contributed by atoms with Gasteiger partial charge in [-0.3, -0.25) is 10.1 Å². The van der Waals surface area contributed by atoms with Gasteiger partial charge in [-0.1, -0.05) is 38.5 Å². The van der Waals surface area contributed by atoms with Gasteiger partial charge < -0.3 is 4.90 Å². The van der Waals surface area contributed by atoms with E-state index in [4.69, 9.17) is 4.99 Å². The van der Waals surface area contributed by atoms with Gasteiger partial charge in [0.15, 0.2) is 5.17 Å². The van der Waals surface area contributed by atoms with Gasteiger partial charge in [0.05, 0.1) is 16.1 Å². The second-order valence-corrected chi connectivity index (χ2v) is 8.29. The molecule has 2 fully saturated rings. The molecule has 1 aliphatic heterocycles. The molecule has 1 aromatic rings. The summed E-state index contributed by atoms with van der Waals surface area (Å²) in [6, 6.07) is 5.14. The number of aliphatic imine (C=N–C) groups is 1. The minimum Gasteiger partial charge on any atom is -0.344 e. The smallest absolute Gasteiger partial charge is 0.272 e. The van der Waals surface area contributed by atoms with Crippen LogP contribution < -0.4 is 0 Å². The number of rotatable bonds is 4. The van der Waals surface area contributed by atoms with Crippen LogP contribution in [0.1, 0.15) is 45.1 Å². The number of hydrogen-bond acceptors (Lipinski definition) is 4. The summed E-state index contributed by atoms with van der Waals surface area (Å²) in [5.74, 6) is 1.70. The molecule has 1 saturated carbocycles. The average Bonchev–Trinajstić information content (AvgIpc) is 3.10. The third-order valence-corrected chi connectivity index (χ3v) is 6.21. The van der Waals surface area contributed by atoms with Crippen molar-refractivity contribution in [1.82, 2.24) is 4.90 Å². The van der Waals surface area contributed by atoms with Gasteiger partial charge in [-0.05, 0) is 37.8 Å². The molecule has 1 aliphatic carbocycles. The molecule has 0 aromatic heterocycles. The molecule has 1 heterocycles. The van der Waals surface area contributed by atoms with Crippen LogP contribution in [0, 0.1) is 23.0 Å². The number of nitrogens with zero attached hydrogens (tertiary/aromatic N) is 3. The lowest BCUT2D eigenvalue weighted by molar-refractivity contribution is -0.385. The van der Waals surface area contributed by atoms with Gasteiger partial charge in [-0.15, -0.1) is 0 Å². The third kappa shape index (κ3) is 3.29. The summed E-state index contributed by atoms with van der Waals surface area (Å²) in [6.07, 6.45) is 5.12.